The number of amides is 1. The molecule has 1 heterocycles. The van der Waals surface area contributed by atoms with Gasteiger partial charge in [-0.05, 0) is 27.8 Å². The Morgan fingerprint density at radius 1 is 1.47 bits per heavy atom. The summed E-state index contributed by atoms with van der Waals surface area (Å²) in [7, 11) is 1.77. The Bertz CT molecular complexity index is 237. The molecule has 0 radical (unpaired) electrons. The van der Waals surface area contributed by atoms with Crippen LogP contribution in [-0.2, 0) is 4.74 Å². The highest BCUT2D eigenvalue weighted by Gasteiger charge is 2.35. The van der Waals surface area contributed by atoms with E-state index in [9.17, 15) is 9.90 Å². The normalized spacial score (nSPS) is 26.9. The van der Waals surface area contributed by atoms with Gasteiger partial charge in [0.2, 0.25) is 0 Å². The molecule has 0 aromatic carbocycles. The maximum atomic E-state index is 11.6. The number of rotatable bonds is 1. The van der Waals surface area contributed by atoms with Crippen LogP contribution in [0.1, 0.15) is 20.8 Å². The van der Waals surface area contributed by atoms with Gasteiger partial charge in [0.25, 0.3) is 0 Å². The van der Waals surface area contributed by atoms with Gasteiger partial charge in [-0.3, -0.25) is 0 Å². The van der Waals surface area contributed by atoms with Gasteiger partial charge in [0, 0.05) is 6.54 Å². The fourth-order valence-corrected chi connectivity index (χ4v) is 1.55. The number of β-amino-alcohol motifs (C(OH)–C–C–N with tert-alkyl or cyclic N) is 1. The zero-order valence-electron chi connectivity index (χ0n) is 9.78. The Balaban J connectivity index is 2.50. The number of carbonyl (C=O) groups excluding carboxylic acids is 1. The molecule has 0 aromatic heterocycles. The molecule has 1 saturated heterocycles. The third-order valence-corrected chi connectivity index (χ3v) is 2.31. The molecule has 1 amide bonds. The van der Waals surface area contributed by atoms with E-state index in [2.05, 4.69) is 5.32 Å². The van der Waals surface area contributed by atoms with Gasteiger partial charge in [-0.15, -0.1) is 0 Å². The van der Waals surface area contributed by atoms with Crippen molar-refractivity contribution in [3.05, 3.63) is 0 Å². The van der Waals surface area contributed by atoms with Crippen molar-refractivity contribution >= 4 is 6.09 Å². The smallest absolute Gasteiger partial charge is 0.410 e. The number of carbonyl (C=O) groups is 1. The predicted octanol–water partition coefficient (Wildman–Crippen LogP) is 0.186. The molecule has 88 valence electrons. The van der Waals surface area contributed by atoms with E-state index in [1.807, 2.05) is 20.8 Å². The van der Waals surface area contributed by atoms with Crippen molar-refractivity contribution in [2.75, 3.05) is 20.1 Å². The lowest BCUT2D eigenvalue weighted by Gasteiger charge is -2.24. The lowest BCUT2D eigenvalue weighted by atomic mass is 10.2. The first-order chi connectivity index (χ1) is 6.83. The van der Waals surface area contributed by atoms with Crippen LogP contribution in [0.4, 0.5) is 4.79 Å². The molecule has 5 nitrogen and oxygen atoms in total. The molecule has 2 N–H and O–H groups in total. The molecule has 0 saturated carbocycles. The number of likely N-dealkylation sites (N-methyl/N-ethyl adjacent to an activating group) is 1. The third kappa shape index (κ3) is 3.35. The van der Waals surface area contributed by atoms with E-state index in [4.69, 9.17) is 4.74 Å². The number of hydrogen-bond donors (Lipinski definition) is 2. The number of ether oxygens (including phenoxy) is 1. The molecular formula is C10H20N2O3. The summed E-state index contributed by atoms with van der Waals surface area (Å²) in [5, 5.41) is 12.6. The van der Waals surface area contributed by atoms with E-state index in [0.717, 1.165) is 0 Å². The first kappa shape index (κ1) is 12.3. The minimum atomic E-state index is -0.512. The van der Waals surface area contributed by atoms with Crippen LogP contribution in [0.2, 0.25) is 0 Å². The lowest BCUT2D eigenvalue weighted by molar-refractivity contribution is 0.0270. The van der Waals surface area contributed by atoms with E-state index < -0.39 is 11.7 Å². The van der Waals surface area contributed by atoms with Crippen molar-refractivity contribution in [3.63, 3.8) is 0 Å². The third-order valence-electron chi connectivity index (χ3n) is 2.31. The summed E-state index contributed by atoms with van der Waals surface area (Å²) in [6, 6.07) is -0.0579. The van der Waals surface area contributed by atoms with Gasteiger partial charge < -0.3 is 20.1 Å². The van der Waals surface area contributed by atoms with Crippen molar-refractivity contribution in [2.24, 2.45) is 0 Å². The standard InChI is InChI=1S/C10H20N2O3/c1-10(2,3)15-9(14)12-5-7(11-4)8(13)6-12/h7-8,11,13H,5-6H2,1-4H3/t7-,8+/m0/s1. The summed E-state index contributed by atoms with van der Waals surface area (Å²) >= 11 is 0. The fraction of sp³-hybridized carbons (Fsp3) is 0.900. The zero-order chi connectivity index (χ0) is 11.6. The van der Waals surface area contributed by atoms with Crippen LogP contribution in [0.5, 0.6) is 0 Å². The maximum absolute atomic E-state index is 11.6. The number of likely N-dealkylation sites (tertiary alicyclic amines) is 1. The summed E-state index contributed by atoms with van der Waals surface area (Å²) < 4.78 is 5.21. The average molecular weight is 216 g/mol. The van der Waals surface area contributed by atoms with Crippen molar-refractivity contribution in [1.29, 1.82) is 0 Å². The molecular weight excluding hydrogens is 196 g/mol. The molecule has 0 spiro atoms. The molecule has 0 bridgehead atoms. The molecule has 0 aromatic rings. The molecule has 1 rings (SSSR count). The monoisotopic (exact) mass is 216 g/mol. The van der Waals surface area contributed by atoms with Gasteiger partial charge in [-0.1, -0.05) is 0 Å². The number of nitrogens with zero attached hydrogens (tertiary/aromatic N) is 1. The quantitative estimate of drug-likeness (QED) is 0.656. The number of aliphatic hydroxyl groups is 1. The summed E-state index contributed by atoms with van der Waals surface area (Å²) in [5.41, 5.74) is -0.486. The Morgan fingerprint density at radius 2 is 2.07 bits per heavy atom. The second-order valence-corrected chi connectivity index (χ2v) is 4.85. The van der Waals surface area contributed by atoms with Crippen LogP contribution in [0, 0.1) is 0 Å². The summed E-state index contributed by atoms with van der Waals surface area (Å²) in [6.07, 6.45) is -0.873. The molecule has 1 aliphatic rings. The SMILES string of the molecule is CN[C@H]1CN(C(=O)OC(C)(C)C)C[C@H]1O. The van der Waals surface area contributed by atoms with Crippen LogP contribution in [0.25, 0.3) is 0 Å². The van der Waals surface area contributed by atoms with Crippen LogP contribution in [-0.4, -0.2) is 54.0 Å². The lowest BCUT2D eigenvalue weighted by Crippen LogP contribution is -2.38. The Hall–Kier alpha value is -0.810. The molecule has 0 aliphatic carbocycles. The van der Waals surface area contributed by atoms with Gasteiger partial charge in [0.1, 0.15) is 5.60 Å². The fourth-order valence-electron chi connectivity index (χ4n) is 1.55. The van der Waals surface area contributed by atoms with E-state index >= 15 is 0 Å². The van der Waals surface area contributed by atoms with Gasteiger partial charge >= 0.3 is 6.09 Å². The van der Waals surface area contributed by atoms with E-state index in [-0.39, 0.29) is 12.1 Å². The van der Waals surface area contributed by atoms with Gasteiger partial charge in [-0.25, -0.2) is 4.79 Å². The Morgan fingerprint density at radius 3 is 2.47 bits per heavy atom. The van der Waals surface area contributed by atoms with Crippen LogP contribution in [0.15, 0.2) is 0 Å². The molecule has 0 unspecified atom stereocenters. The molecule has 15 heavy (non-hydrogen) atoms. The predicted molar refractivity (Wildman–Crippen MR) is 56.7 cm³/mol. The van der Waals surface area contributed by atoms with E-state index in [1.165, 1.54) is 4.90 Å². The topological polar surface area (TPSA) is 61.8 Å². The summed E-state index contributed by atoms with van der Waals surface area (Å²) in [4.78, 5) is 13.2. The number of aliphatic hydroxyl groups excluding tert-OH is 1. The first-order valence-electron chi connectivity index (χ1n) is 5.17. The van der Waals surface area contributed by atoms with E-state index in [1.54, 1.807) is 7.05 Å². The zero-order valence-corrected chi connectivity index (χ0v) is 9.78. The second-order valence-electron chi connectivity index (χ2n) is 4.85. The van der Waals surface area contributed by atoms with Crippen LogP contribution in [0.3, 0.4) is 0 Å². The maximum Gasteiger partial charge on any atom is 0.410 e. The largest absolute Gasteiger partial charge is 0.444 e. The number of hydrogen-bond acceptors (Lipinski definition) is 4. The van der Waals surface area contributed by atoms with E-state index in [0.29, 0.717) is 13.1 Å². The summed E-state index contributed by atoms with van der Waals surface area (Å²) in [6.45, 7) is 6.31. The highest BCUT2D eigenvalue weighted by atomic mass is 16.6. The Labute approximate surface area is 90.4 Å². The van der Waals surface area contributed by atoms with Gasteiger partial charge in [-0.2, -0.15) is 0 Å². The first-order valence-corrected chi connectivity index (χ1v) is 5.17. The minimum absolute atomic E-state index is 0.0579. The van der Waals surface area contributed by atoms with Crippen molar-refractivity contribution < 1.29 is 14.6 Å². The highest BCUT2D eigenvalue weighted by molar-refractivity contribution is 5.68. The van der Waals surface area contributed by atoms with Gasteiger partial charge in [0.15, 0.2) is 0 Å². The number of nitrogens with one attached hydrogen (secondary N) is 1. The molecule has 1 fully saturated rings. The molecule has 1 aliphatic heterocycles. The Kier molecular flexibility index (Phi) is 3.57. The molecule has 2 atom stereocenters. The second kappa shape index (κ2) is 4.37. The highest BCUT2D eigenvalue weighted by Crippen LogP contribution is 2.15. The van der Waals surface area contributed by atoms with Crippen LogP contribution >= 0.6 is 0 Å². The van der Waals surface area contributed by atoms with Crippen molar-refractivity contribution in [3.8, 4) is 0 Å². The molecule has 5 heteroatoms. The van der Waals surface area contributed by atoms with Crippen molar-refractivity contribution in [1.82, 2.24) is 10.2 Å². The summed E-state index contributed by atoms with van der Waals surface area (Å²) in [5.74, 6) is 0. The average Bonchev–Trinajstić information content (AvgIpc) is 2.43. The van der Waals surface area contributed by atoms with Gasteiger partial charge in [0.05, 0.1) is 18.7 Å². The van der Waals surface area contributed by atoms with Crippen LogP contribution < -0.4 is 5.32 Å². The van der Waals surface area contributed by atoms with Crippen molar-refractivity contribution in [2.45, 2.75) is 38.5 Å². The minimum Gasteiger partial charge on any atom is -0.444 e.